The van der Waals surface area contributed by atoms with Crippen LogP contribution in [0.4, 0.5) is 5.82 Å². The summed E-state index contributed by atoms with van der Waals surface area (Å²) in [6, 6.07) is 1.57. The number of nitrogens with zero attached hydrogens (tertiary/aromatic N) is 4. The topological polar surface area (TPSA) is 97.9 Å². The zero-order valence-electron chi connectivity index (χ0n) is 13.0. The van der Waals surface area contributed by atoms with Gasteiger partial charge in [-0.2, -0.15) is 5.10 Å². The van der Waals surface area contributed by atoms with Crippen molar-refractivity contribution in [1.82, 2.24) is 25.2 Å². The molecule has 0 saturated carbocycles. The average Bonchev–Trinajstić information content (AvgIpc) is 3.03. The van der Waals surface area contributed by atoms with Crippen LogP contribution in [0.15, 0.2) is 10.6 Å². The molecule has 2 N–H and O–H groups in total. The summed E-state index contributed by atoms with van der Waals surface area (Å²) in [5, 5.41) is 14.2. The van der Waals surface area contributed by atoms with Gasteiger partial charge < -0.3 is 15.2 Å². The molecule has 22 heavy (non-hydrogen) atoms. The summed E-state index contributed by atoms with van der Waals surface area (Å²) in [4.78, 5) is 16.5. The second kappa shape index (κ2) is 5.88. The van der Waals surface area contributed by atoms with E-state index in [0.717, 1.165) is 31.0 Å². The van der Waals surface area contributed by atoms with Crippen LogP contribution in [0.3, 0.4) is 0 Å². The number of hydrogen-bond acceptors (Lipinski definition) is 6. The molecule has 2 aromatic heterocycles. The van der Waals surface area contributed by atoms with Gasteiger partial charge in [0.1, 0.15) is 17.4 Å². The molecular weight excluding hydrogens is 284 g/mol. The smallest absolute Gasteiger partial charge is 0.242 e. The van der Waals surface area contributed by atoms with E-state index >= 15 is 0 Å². The lowest BCUT2D eigenvalue weighted by Gasteiger charge is -2.26. The van der Waals surface area contributed by atoms with Gasteiger partial charge in [0.2, 0.25) is 5.91 Å². The monoisotopic (exact) mass is 304 g/mol. The van der Waals surface area contributed by atoms with Crippen LogP contribution in [0.5, 0.6) is 0 Å². The number of anilines is 1. The fraction of sp³-hybridized carbons (Fsp3) is 0.571. The van der Waals surface area contributed by atoms with Crippen molar-refractivity contribution in [3.63, 3.8) is 0 Å². The fourth-order valence-corrected chi connectivity index (χ4v) is 2.66. The molecule has 2 aromatic rings. The number of nitrogens with one attached hydrogen (secondary N) is 2. The highest BCUT2D eigenvalue weighted by molar-refractivity contribution is 5.93. The van der Waals surface area contributed by atoms with E-state index in [2.05, 4.69) is 25.9 Å². The Morgan fingerprint density at radius 2 is 2.32 bits per heavy atom. The molecule has 0 aliphatic carbocycles. The lowest BCUT2D eigenvalue weighted by Crippen LogP contribution is -2.47. The molecule has 1 aliphatic heterocycles. The minimum absolute atomic E-state index is 0.131. The van der Waals surface area contributed by atoms with Gasteiger partial charge in [-0.1, -0.05) is 5.16 Å². The Kier molecular flexibility index (Phi) is 3.93. The Morgan fingerprint density at radius 3 is 3.05 bits per heavy atom. The van der Waals surface area contributed by atoms with Crippen LogP contribution in [0.1, 0.15) is 30.8 Å². The van der Waals surface area contributed by atoms with Gasteiger partial charge in [0.25, 0.3) is 0 Å². The summed E-state index contributed by atoms with van der Waals surface area (Å²) in [5.41, 5.74) is 0. The molecule has 0 bridgehead atoms. The van der Waals surface area contributed by atoms with Crippen molar-refractivity contribution in [3.8, 4) is 0 Å². The van der Waals surface area contributed by atoms with Crippen LogP contribution < -0.4 is 10.6 Å². The first kappa shape index (κ1) is 14.7. The Hall–Kier alpha value is -2.22. The summed E-state index contributed by atoms with van der Waals surface area (Å²) in [6.45, 7) is 6.25. The molecule has 3 rings (SSSR count). The summed E-state index contributed by atoms with van der Waals surface area (Å²) in [5.74, 6) is 2.79. The maximum absolute atomic E-state index is 12.2. The van der Waals surface area contributed by atoms with Crippen molar-refractivity contribution in [1.29, 1.82) is 0 Å². The van der Waals surface area contributed by atoms with E-state index in [1.165, 1.54) is 0 Å². The predicted octanol–water partition coefficient (Wildman–Crippen LogP) is 0.815. The lowest BCUT2D eigenvalue weighted by molar-refractivity contribution is -0.118. The maximum Gasteiger partial charge on any atom is 0.242 e. The van der Waals surface area contributed by atoms with Crippen LogP contribution in [0.2, 0.25) is 0 Å². The Labute approximate surface area is 128 Å². The molecule has 0 saturated heterocycles. The zero-order valence-corrected chi connectivity index (χ0v) is 13.0. The predicted molar refractivity (Wildman–Crippen MR) is 79.3 cm³/mol. The normalized spacial score (nSPS) is 18.8. The van der Waals surface area contributed by atoms with Gasteiger partial charge in [0, 0.05) is 18.5 Å². The van der Waals surface area contributed by atoms with Gasteiger partial charge in [0.05, 0.1) is 12.6 Å². The van der Waals surface area contributed by atoms with Crippen LogP contribution >= 0.6 is 0 Å². The lowest BCUT2D eigenvalue weighted by atomic mass is 10.1. The highest BCUT2D eigenvalue weighted by Gasteiger charge is 2.24. The van der Waals surface area contributed by atoms with E-state index in [0.29, 0.717) is 11.6 Å². The Balaban J connectivity index is 1.55. The van der Waals surface area contributed by atoms with Crippen molar-refractivity contribution in [2.24, 2.45) is 0 Å². The fourth-order valence-electron chi connectivity index (χ4n) is 2.66. The van der Waals surface area contributed by atoms with Crippen LogP contribution in [0.25, 0.3) is 0 Å². The molecule has 0 fully saturated rings. The maximum atomic E-state index is 12.2. The molecule has 0 spiro atoms. The Bertz CT molecular complexity index is 677. The SMILES string of the molecule is Cc1nc2n(n1)C[C@H](N[C@@H](C)C(=O)Nc1cc(C)on1)CC2. The summed E-state index contributed by atoms with van der Waals surface area (Å²) in [7, 11) is 0. The molecular formula is C14H20N6O2. The molecule has 0 aromatic carbocycles. The first-order valence-corrected chi connectivity index (χ1v) is 7.42. The number of aromatic nitrogens is 4. The highest BCUT2D eigenvalue weighted by Crippen LogP contribution is 2.14. The number of hydrogen-bond donors (Lipinski definition) is 2. The van der Waals surface area contributed by atoms with Gasteiger partial charge in [-0.05, 0) is 27.2 Å². The number of rotatable bonds is 4. The van der Waals surface area contributed by atoms with Crippen molar-refractivity contribution < 1.29 is 9.32 Å². The number of fused-ring (bicyclic) bond motifs is 1. The quantitative estimate of drug-likeness (QED) is 0.867. The molecule has 0 unspecified atom stereocenters. The van der Waals surface area contributed by atoms with Gasteiger partial charge in [0.15, 0.2) is 5.82 Å². The molecule has 118 valence electrons. The molecule has 1 amide bonds. The minimum Gasteiger partial charge on any atom is -0.360 e. The van der Waals surface area contributed by atoms with Crippen molar-refractivity contribution in [2.75, 3.05) is 5.32 Å². The van der Waals surface area contributed by atoms with Gasteiger partial charge in [-0.3, -0.25) is 4.79 Å². The second-order valence-electron chi connectivity index (χ2n) is 5.69. The molecule has 3 heterocycles. The van der Waals surface area contributed by atoms with Crippen LogP contribution in [-0.4, -0.2) is 37.9 Å². The summed E-state index contributed by atoms with van der Waals surface area (Å²) in [6.07, 6.45) is 1.81. The van der Waals surface area contributed by atoms with Gasteiger partial charge in [-0.15, -0.1) is 0 Å². The van der Waals surface area contributed by atoms with Crippen molar-refractivity contribution in [2.45, 2.75) is 52.2 Å². The minimum atomic E-state index is -0.326. The molecule has 8 heteroatoms. The van der Waals surface area contributed by atoms with Crippen LogP contribution in [0, 0.1) is 13.8 Å². The molecule has 1 aliphatic rings. The standard InChI is InChI=1S/C14H20N6O2/c1-8-6-12(19-22-8)17-14(21)9(2)15-11-4-5-13-16-10(3)18-20(13)7-11/h6,9,11,15H,4-5,7H2,1-3H3,(H,17,19,21)/t9-,11+/m0/s1. The second-order valence-corrected chi connectivity index (χ2v) is 5.69. The number of aryl methyl sites for hydroxylation is 3. The van der Waals surface area contributed by atoms with Gasteiger partial charge in [-0.25, -0.2) is 9.67 Å². The van der Waals surface area contributed by atoms with E-state index in [9.17, 15) is 4.79 Å². The van der Waals surface area contributed by atoms with Crippen molar-refractivity contribution >= 4 is 11.7 Å². The average molecular weight is 304 g/mol. The van der Waals surface area contributed by atoms with E-state index in [-0.39, 0.29) is 18.0 Å². The summed E-state index contributed by atoms with van der Waals surface area (Å²) < 4.78 is 6.85. The van der Waals surface area contributed by atoms with E-state index < -0.39 is 0 Å². The first-order valence-electron chi connectivity index (χ1n) is 7.42. The van der Waals surface area contributed by atoms with E-state index in [4.69, 9.17) is 4.52 Å². The molecule has 8 nitrogen and oxygen atoms in total. The zero-order chi connectivity index (χ0) is 15.7. The Morgan fingerprint density at radius 1 is 1.50 bits per heavy atom. The third-order valence-corrected chi connectivity index (χ3v) is 3.72. The van der Waals surface area contributed by atoms with E-state index in [1.54, 1.807) is 13.0 Å². The largest absolute Gasteiger partial charge is 0.360 e. The first-order chi connectivity index (χ1) is 10.5. The van der Waals surface area contributed by atoms with Crippen molar-refractivity contribution in [3.05, 3.63) is 23.5 Å². The summed E-state index contributed by atoms with van der Waals surface area (Å²) >= 11 is 0. The van der Waals surface area contributed by atoms with Gasteiger partial charge >= 0.3 is 0 Å². The molecule has 0 radical (unpaired) electrons. The molecule has 2 atom stereocenters. The highest BCUT2D eigenvalue weighted by atomic mass is 16.5. The number of amides is 1. The van der Waals surface area contributed by atoms with E-state index in [1.807, 2.05) is 18.5 Å². The third-order valence-electron chi connectivity index (χ3n) is 3.72. The third kappa shape index (κ3) is 3.16. The number of carbonyl (C=O) groups excluding carboxylic acids is 1. The van der Waals surface area contributed by atoms with Crippen LogP contribution in [-0.2, 0) is 17.8 Å². The number of carbonyl (C=O) groups is 1.